The third-order valence-corrected chi connectivity index (χ3v) is 4.22. The average Bonchev–Trinajstić information content (AvgIpc) is 3.15. The Morgan fingerprint density at radius 3 is 2.76 bits per heavy atom. The first-order valence-corrected chi connectivity index (χ1v) is 7.23. The lowest BCUT2D eigenvalue weighted by atomic mass is 10.1. The van der Waals surface area contributed by atoms with Crippen LogP contribution in [0.1, 0.15) is 0 Å². The Balaban J connectivity index is 1.83. The molecule has 1 N–H and O–H groups in total. The number of thiophene rings is 1. The summed E-state index contributed by atoms with van der Waals surface area (Å²) in [6.07, 6.45) is 3.03. The molecular weight excluding hydrogens is 284 g/mol. The van der Waals surface area contributed by atoms with E-state index in [1.54, 1.807) is 17.5 Å². The molecule has 0 atom stereocenters. The van der Waals surface area contributed by atoms with E-state index in [4.69, 9.17) is 0 Å². The van der Waals surface area contributed by atoms with Crippen LogP contribution in [0.25, 0.3) is 27.2 Å². The molecule has 0 bridgehead atoms. The minimum Gasteiger partial charge on any atom is -0.479 e. The molecule has 3 aromatic heterocycles. The molecule has 0 fully saturated rings. The molecule has 0 aliphatic carbocycles. The van der Waals surface area contributed by atoms with E-state index in [0.29, 0.717) is 5.65 Å². The molecule has 4 rings (SSSR count). The predicted octanol–water partition coefficient (Wildman–Crippen LogP) is 3.23. The van der Waals surface area contributed by atoms with E-state index in [-0.39, 0.29) is 6.01 Å². The van der Waals surface area contributed by atoms with Gasteiger partial charge in [0.15, 0.2) is 5.65 Å². The number of aromatic hydroxyl groups is 1. The van der Waals surface area contributed by atoms with Crippen molar-refractivity contribution in [3.8, 4) is 27.6 Å². The van der Waals surface area contributed by atoms with Crippen LogP contribution in [-0.2, 0) is 0 Å². The van der Waals surface area contributed by atoms with Crippen LogP contribution in [0.2, 0.25) is 0 Å². The number of aromatic nitrogens is 4. The maximum Gasteiger partial charge on any atom is 0.318 e. The van der Waals surface area contributed by atoms with E-state index in [1.807, 2.05) is 18.2 Å². The minimum atomic E-state index is -0.161. The van der Waals surface area contributed by atoms with Crippen LogP contribution in [-0.4, -0.2) is 24.7 Å². The first kappa shape index (κ1) is 12.0. The fourth-order valence-electron chi connectivity index (χ4n) is 2.24. The molecule has 0 aliphatic rings. The van der Waals surface area contributed by atoms with Crippen molar-refractivity contribution in [2.24, 2.45) is 0 Å². The molecule has 0 unspecified atom stereocenters. The van der Waals surface area contributed by atoms with Crippen LogP contribution in [0, 0.1) is 0 Å². The summed E-state index contributed by atoms with van der Waals surface area (Å²) in [7, 11) is 0. The quantitative estimate of drug-likeness (QED) is 0.616. The molecule has 102 valence electrons. The lowest BCUT2D eigenvalue weighted by Crippen LogP contribution is -1.93. The molecule has 21 heavy (non-hydrogen) atoms. The number of fused-ring (bicyclic) bond motifs is 1. The normalized spacial score (nSPS) is 11.0. The monoisotopic (exact) mass is 294 g/mol. The second-order valence-corrected chi connectivity index (χ2v) is 5.44. The van der Waals surface area contributed by atoms with E-state index >= 15 is 0 Å². The molecule has 4 aromatic rings. The van der Waals surface area contributed by atoms with Crippen molar-refractivity contribution in [3.63, 3.8) is 0 Å². The fourth-order valence-corrected chi connectivity index (χ4v) is 3.16. The SMILES string of the molecule is Oc1ncnc2c(-c3cc(-c4ccccc4)cs3)cnn12. The second-order valence-electron chi connectivity index (χ2n) is 4.53. The predicted molar refractivity (Wildman–Crippen MR) is 81.2 cm³/mol. The average molecular weight is 294 g/mol. The van der Waals surface area contributed by atoms with Crippen LogP contribution >= 0.6 is 11.3 Å². The first-order chi connectivity index (χ1) is 10.3. The number of hydrogen-bond acceptors (Lipinski definition) is 5. The van der Waals surface area contributed by atoms with Crippen molar-refractivity contribution in [3.05, 3.63) is 54.3 Å². The standard InChI is InChI=1S/C15H10N4OS/c20-15-17-9-16-14-12(7-18-19(14)15)13-6-11(8-21-13)10-4-2-1-3-5-10/h1-9H,(H,16,17,20). The van der Waals surface area contributed by atoms with Crippen molar-refractivity contribution >= 4 is 17.0 Å². The highest BCUT2D eigenvalue weighted by atomic mass is 32.1. The van der Waals surface area contributed by atoms with Gasteiger partial charge in [0, 0.05) is 4.88 Å². The van der Waals surface area contributed by atoms with Gasteiger partial charge in [0.1, 0.15) is 6.33 Å². The summed E-state index contributed by atoms with van der Waals surface area (Å²) in [5.41, 5.74) is 3.83. The van der Waals surface area contributed by atoms with E-state index in [1.165, 1.54) is 16.4 Å². The third kappa shape index (κ3) is 1.96. The number of hydrogen-bond donors (Lipinski definition) is 1. The van der Waals surface area contributed by atoms with E-state index < -0.39 is 0 Å². The Kier molecular flexibility index (Phi) is 2.68. The lowest BCUT2D eigenvalue weighted by molar-refractivity contribution is 0.411. The third-order valence-electron chi connectivity index (χ3n) is 3.26. The molecule has 0 saturated heterocycles. The Labute approximate surface area is 124 Å². The number of nitrogens with zero attached hydrogens (tertiary/aromatic N) is 4. The van der Waals surface area contributed by atoms with Crippen molar-refractivity contribution in [1.82, 2.24) is 19.6 Å². The molecule has 6 heteroatoms. The van der Waals surface area contributed by atoms with Crippen molar-refractivity contribution in [2.45, 2.75) is 0 Å². The van der Waals surface area contributed by atoms with Gasteiger partial charge in [-0.3, -0.25) is 0 Å². The maximum absolute atomic E-state index is 9.67. The maximum atomic E-state index is 9.67. The van der Waals surface area contributed by atoms with Crippen LogP contribution in [0.5, 0.6) is 6.01 Å². The summed E-state index contributed by atoms with van der Waals surface area (Å²) in [5, 5.41) is 15.9. The zero-order valence-corrected chi connectivity index (χ0v) is 11.7. The smallest absolute Gasteiger partial charge is 0.318 e. The van der Waals surface area contributed by atoms with E-state index in [0.717, 1.165) is 16.0 Å². The van der Waals surface area contributed by atoms with Gasteiger partial charge in [-0.1, -0.05) is 30.3 Å². The molecule has 5 nitrogen and oxygen atoms in total. The molecule has 0 aliphatic heterocycles. The largest absolute Gasteiger partial charge is 0.479 e. The van der Waals surface area contributed by atoms with Crippen LogP contribution in [0.4, 0.5) is 0 Å². The highest BCUT2D eigenvalue weighted by molar-refractivity contribution is 7.14. The molecule has 3 heterocycles. The Morgan fingerprint density at radius 2 is 1.90 bits per heavy atom. The highest BCUT2D eigenvalue weighted by Gasteiger charge is 2.13. The summed E-state index contributed by atoms with van der Waals surface area (Å²) in [6, 6.07) is 12.1. The van der Waals surface area contributed by atoms with Gasteiger partial charge < -0.3 is 5.11 Å². The van der Waals surface area contributed by atoms with Crippen molar-refractivity contribution in [2.75, 3.05) is 0 Å². The number of benzene rings is 1. The van der Waals surface area contributed by atoms with E-state index in [2.05, 4.69) is 38.6 Å². The van der Waals surface area contributed by atoms with Gasteiger partial charge in [0.25, 0.3) is 0 Å². The van der Waals surface area contributed by atoms with Crippen LogP contribution in [0.15, 0.2) is 54.3 Å². The molecule has 0 spiro atoms. The van der Waals surface area contributed by atoms with Gasteiger partial charge in [-0.25, -0.2) is 4.98 Å². The van der Waals surface area contributed by atoms with Gasteiger partial charge in [0.05, 0.1) is 11.8 Å². The summed E-state index contributed by atoms with van der Waals surface area (Å²) in [4.78, 5) is 8.97. The second kappa shape index (κ2) is 4.68. The molecule has 1 aromatic carbocycles. The molecule has 0 radical (unpaired) electrons. The Bertz CT molecular complexity index is 914. The van der Waals surface area contributed by atoms with E-state index in [9.17, 15) is 5.11 Å². The van der Waals surface area contributed by atoms with Gasteiger partial charge in [-0.05, 0) is 22.6 Å². The molecular formula is C15H10N4OS. The zero-order valence-electron chi connectivity index (χ0n) is 10.8. The highest BCUT2D eigenvalue weighted by Crippen LogP contribution is 2.34. The molecule has 0 amide bonds. The summed E-state index contributed by atoms with van der Waals surface area (Å²) < 4.78 is 1.33. The lowest BCUT2D eigenvalue weighted by Gasteiger charge is -1.96. The topological polar surface area (TPSA) is 63.3 Å². The number of rotatable bonds is 2. The van der Waals surface area contributed by atoms with Gasteiger partial charge >= 0.3 is 6.01 Å². The van der Waals surface area contributed by atoms with Gasteiger partial charge in [-0.15, -0.1) is 11.3 Å². The summed E-state index contributed by atoms with van der Waals surface area (Å²) in [5.74, 6) is 0. The van der Waals surface area contributed by atoms with Crippen LogP contribution in [0.3, 0.4) is 0 Å². The minimum absolute atomic E-state index is 0.161. The Morgan fingerprint density at radius 1 is 1.05 bits per heavy atom. The van der Waals surface area contributed by atoms with Crippen molar-refractivity contribution < 1.29 is 5.11 Å². The fraction of sp³-hybridized carbons (Fsp3) is 0. The van der Waals surface area contributed by atoms with Crippen molar-refractivity contribution in [1.29, 1.82) is 0 Å². The van der Waals surface area contributed by atoms with Crippen LogP contribution < -0.4 is 0 Å². The van der Waals surface area contributed by atoms with Gasteiger partial charge in [-0.2, -0.15) is 14.6 Å². The molecule has 0 saturated carbocycles. The Hall–Kier alpha value is -2.73. The zero-order chi connectivity index (χ0) is 14.2. The van der Waals surface area contributed by atoms with Gasteiger partial charge in [0.2, 0.25) is 0 Å². The summed E-state index contributed by atoms with van der Waals surface area (Å²) >= 11 is 1.63. The first-order valence-electron chi connectivity index (χ1n) is 6.35. The summed E-state index contributed by atoms with van der Waals surface area (Å²) in [6.45, 7) is 0.